The van der Waals surface area contributed by atoms with Crippen molar-refractivity contribution in [3.63, 3.8) is 0 Å². The van der Waals surface area contributed by atoms with Crippen molar-refractivity contribution >= 4 is 5.91 Å². The summed E-state index contributed by atoms with van der Waals surface area (Å²) in [6, 6.07) is 9.42. The SMILES string of the molecule is CO[C@@H](CNC(=O)Cc1ccc(F)cc1)c1ccco1. The number of benzene rings is 1. The van der Waals surface area contributed by atoms with Crippen molar-refractivity contribution in [3.05, 3.63) is 59.8 Å². The van der Waals surface area contributed by atoms with Crippen LogP contribution in [0.25, 0.3) is 0 Å². The molecule has 1 heterocycles. The third kappa shape index (κ3) is 3.93. The molecule has 1 atom stereocenters. The molecule has 0 saturated heterocycles. The van der Waals surface area contributed by atoms with E-state index in [1.54, 1.807) is 37.6 Å². The van der Waals surface area contributed by atoms with Gasteiger partial charge in [-0.3, -0.25) is 4.79 Å². The third-order valence-electron chi connectivity index (χ3n) is 2.91. The molecule has 0 aliphatic carbocycles. The first kappa shape index (κ1) is 14.3. The summed E-state index contributed by atoms with van der Waals surface area (Å²) in [5.41, 5.74) is 0.760. The fourth-order valence-electron chi connectivity index (χ4n) is 1.83. The number of furan rings is 1. The lowest BCUT2D eigenvalue weighted by Gasteiger charge is -2.13. The Morgan fingerprint density at radius 3 is 2.70 bits per heavy atom. The lowest BCUT2D eigenvalue weighted by atomic mass is 10.1. The van der Waals surface area contributed by atoms with Crippen molar-refractivity contribution in [1.82, 2.24) is 5.32 Å². The number of carbonyl (C=O) groups excluding carboxylic acids is 1. The number of ether oxygens (including phenoxy) is 1. The van der Waals surface area contributed by atoms with Gasteiger partial charge in [0.15, 0.2) is 0 Å². The van der Waals surface area contributed by atoms with Gasteiger partial charge in [-0.15, -0.1) is 0 Å². The molecule has 4 nitrogen and oxygen atoms in total. The number of nitrogens with one attached hydrogen (secondary N) is 1. The van der Waals surface area contributed by atoms with Crippen molar-refractivity contribution in [2.24, 2.45) is 0 Å². The highest BCUT2D eigenvalue weighted by atomic mass is 19.1. The van der Waals surface area contributed by atoms with Crippen LogP contribution in [0.15, 0.2) is 47.1 Å². The monoisotopic (exact) mass is 277 g/mol. The quantitative estimate of drug-likeness (QED) is 0.882. The second-order valence-electron chi connectivity index (χ2n) is 4.35. The lowest BCUT2D eigenvalue weighted by molar-refractivity contribution is -0.121. The number of amides is 1. The number of hydrogen-bond acceptors (Lipinski definition) is 3. The molecule has 1 aromatic heterocycles. The van der Waals surface area contributed by atoms with E-state index in [4.69, 9.17) is 9.15 Å². The predicted octanol–water partition coefficient (Wildman–Crippen LogP) is 2.47. The van der Waals surface area contributed by atoms with Crippen molar-refractivity contribution in [2.75, 3.05) is 13.7 Å². The van der Waals surface area contributed by atoms with Crippen molar-refractivity contribution < 1.29 is 18.3 Å². The summed E-state index contributed by atoms with van der Waals surface area (Å²) in [7, 11) is 1.55. The second-order valence-corrected chi connectivity index (χ2v) is 4.35. The fraction of sp³-hybridized carbons (Fsp3) is 0.267. The summed E-state index contributed by atoms with van der Waals surface area (Å²) in [6.07, 6.45) is 1.44. The van der Waals surface area contributed by atoms with Crippen molar-refractivity contribution in [1.29, 1.82) is 0 Å². The Morgan fingerprint density at radius 1 is 1.35 bits per heavy atom. The summed E-state index contributed by atoms with van der Waals surface area (Å²) in [4.78, 5) is 11.8. The molecule has 0 aliphatic rings. The van der Waals surface area contributed by atoms with Gasteiger partial charge in [0.25, 0.3) is 0 Å². The van der Waals surface area contributed by atoms with Gasteiger partial charge in [0, 0.05) is 7.11 Å². The van der Waals surface area contributed by atoms with Crippen molar-refractivity contribution in [2.45, 2.75) is 12.5 Å². The van der Waals surface area contributed by atoms with Gasteiger partial charge in [-0.25, -0.2) is 4.39 Å². The normalized spacial score (nSPS) is 12.1. The lowest BCUT2D eigenvalue weighted by Crippen LogP contribution is -2.30. The van der Waals surface area contributed by atoms with Gasteiger partial charge < -0.3 is 14.5 Å². The van der Waals surface area contributed by atoms with Crippen LogP contribution in [0, 0.1) is 5.82 Å². The first-order valence-electron chi connectivity index (χ1n) is 6.26. The number of carbonyl (C=O) groups is 1. The minimum Gasteiger partial charge on any atom is -0.467 e. The first-order valence-corrected chi connectivity index (χ1v) is 6.26. The van der Waals surface area contributed by atoms with Crippen LogP contribution in [-0.4, -0.2) is 19.6 Å². The molecule has 1 amide bonds. The molecular weight excluding hydrogens is 261 g/mol. The van der Waals surface area contributed by atoms with Gasteiger partial charge in [0.1, 0.15) is 17.7 Å². The van der Waals surface area contributed by atoms with E-state index in [0.29, 0.717) is 12.3 Å². The van der Waals surface area contributed by atoms with Crippen LogP contribution in [0.3, 0.4) is 0 Å². The van der Waals surface area contributed by atoms with Gasteiger partial charge in [0.05, 0.1) is 19.2 Å². The number of methoxy groups -OCH3 is 1. The van der Waals surface area contributed by atoms with Crippen LogP contribution in [0.2, 0.25) is 0 Å². The highest BCUT2D eigenvalue weighted by Crippen LogP contribution is 2.15. The Hall–Kier alpha value is -2.14. The van der Waals surface area contributed by atoms with E-state index in [1.807, 2.05) is 0 Å². The average Bonchev–Trinajstić information content (AvgIpc) is 2.96. The van der Waals surface area contributed by atoms with Crippen LogP contribution in [0.5, 0.6) is 0 Å². The summed E-state index contributed by atoms with van der Waals surface area (Å²) < 4.78 is 23.2. The molecule has 5 heteroatoms. The van der Waals surface area contributed by atoms with E-state index in [-0.39, 0.29) is 24.2 Å². The Kier molecular flexibility index (Phi) is 4.90. The minimum absolute atomic E-state index is 0.148. The fourth-order valence-corrected chi connectivity index (χ4v) is 1.83. The van der Waals surface area contributed by atoms with Gasteiger partial charge in [-0.1, -0.05) is 12.1 Å². The molecule has 0 aliphatic heterocycles. The number of rotatable bonds is 6. The largest absolute Gasteiger partial charge is 0.467 e. The molecule has 0 radical (unpaired) electrons. The summed E-state index contributed by atoms with van der Waals surface area (Å²) in [6.45, 7) is 0.323. The molecule has 0 saturated carbocycles. The molecule has 0 unspecified atom stereocenters. The number of hydrogen-bond donors (Lipinski definition) is 1. The Balaban J connectivity index is 1.84. The molecular formula is C15H16FNO3. The summed E-state index contributed by atoms with van der Waals surface area (Å²) >= 11 is 0. The van der Waals surface area contributed by atoms with Gasteiger partial charge in [0.2, 0.25) is 5.91 Å². The van der Waals surface area contributed by atoms with Crippen LogP contribution in [0.1, 0.15) is 17.4 Å². The molecule has 106 valence electrons. The highest BCUT2D eigenvalue weighted by molar-refractivity contribution is 5.78. The highest BCUT2D eigenvalue weighted by Gasteiger charge is 2.14. The van der Waals surface area contributed by atoms with Crippen LogP contribution in [0.4, 0.5) is 4.39 Å². The zero-order valence-corrected chi connectivity index (χ0v) is 11.1. The van der Waals surface area contributed by atoms with Gasteiger partial charge in [-0.2, -0.15) is 0 Å². The average molecular weight is 277 g/mol. The Bertz CT molecular complexity index is 537. The molecule has 0 fully saturated rings. The standard InChI is InChI=1S/C15H16FNO3/c1-19-14(13-3-2-8-20-13)10-17-15(18)9-11-4-6-12(16)7-5-11/h2-8,14H,9-10H2,1H3,(H,17,18)/t14-/m0/s1. The van der Waals surface area contributed by atoms with E-state index >= 15 is 0 Å². The van der Waals surface area contributed by atoms with Gasteiger partial charge >= 0.3 is 0 Å². The third-order valence-corrected chi connectivity index (χ3v) is 2.91. The topological polar surface area (TPSA) is 51.5 Å². The minimum atomic E-state index is -0.317. The van der Waals surface area contributed by atoms with E-state index in [9.17, 15) is 9.18 Å². The maximum atomic E-state index is 12.8. The zero-order chi connectivity index (χ0) is 14.4. The summed E-state index contributed by atoms with van der Waals surface area (Å²) in [5, 5.41) is 2.77. The molecule has 0 spiro atoms. The molecule has 1 N–H and O–H groups in total. The second kappa shape index (κ2) is 6.86. The Labute approximate surface area is 116 Å². The molecule has 0 bridgehead atoms. The summed E-state index contributed by atoms with van der Waals surface area (Å²) in [5.74, 6) is 0.200. The molecule has 1 aromatic carbocycles. The van der Waals surface area contributed by atoms with E-state index < -0.39 is 0 Å². The van der Waals surface area contributed by atoms with E-state index in [2.05, 4.69) is 5.32 Å². The smallest absolute Gasteiger partial charge is 0.224 e. The van der Waals surface area contributed by atoms with Gasteiger partial charge in [-0.05, 0) is 29.8 Å². The van der Waals surface area contributed by atoms with Crippen LogP contribution < -0.4 is 5.32 Å². The maximum absolute atomic E-state index is 12.8. The molecule has 2 rings (SSSR count). The first-order chi connectivity index (χ1) is 9.69. The Morgan fingerprint density at radius 2 is 2.10 bits per heavy atom. The van der Waals surface area contributed by atoms with Crippen molar-refractivity contribution in [3.8, 4) is 0 Å². The van der Waals surface area contributed by atoms with E-state index in [1.165, 1.54) is 12.1 Å². The maximum Gasteiger partial charge on any atom is 0.224 e. The van der Waals surface area contributed by atoms with E-state index in [0.717, 1.165) is 5.56 Å². The van der Waals surface area contributed by atoms with Crippen LogP contribution >= 0.6 is 0 Å². The number of halogens is 1. The van der Waals surface area contributed by atoms with Crippen LogP contribution in [-0.2, 0) is 16.0 Å². The molecule has 2 aromatic rings. The molecule has 20 heavy (non-hydrogen) atoms. The zero-order valence-electron chi connectivity index (χ0n) is 11.1. The predicted molar refractivity (Wildman–Crippen MR) is 71.6 cm³/mol.